The molecule has 1 heterocycles. The number of fused-ring (bicyclic) bond motifs is 1. The van der Waals surface area contributed by atoms with Gasteiger partial charge in [-0.2, -0.15) is 0 Å². The van der Waals surface area contributed by atoms with E-state index in [2.05, 4.69) is 10.6 Å². The van der Waals surface area contributed by atoms with Gasteiger partial charge in [-0.1, -0.05) is 36.4 Å². The topological polar surface area (TPSA) is 67.4 Å². The molecule has 2 N–H and O–H groups in total. The molecule has 0 radical (unpaired) electrons. The van der Waals surface area contributed by atoms with E-state index in [0.29, 0.717) is 11.4 Å². The summed E-state index contributed by atoms with van der Waals surface area (Å²) in [7, 11) is 0. The predicted molar refractivity (Wildman–Crippen MR) is 87.3 cm³/mol. The van der Waals surface area contributed by atoms with Gasteiger partial charge < -0.3 is 15.4 Å². The van der Waals surface area contributed by atoms with Gasteiger partial charge in [0.2, 0.25) is 5.91 Å². The molecule has 0 saturated carbocycles. The van der Waals surface area contributed by atoms with E-state index >= 15 is 0 Å². The Bertz CT molecular complexity index is 728. The fourth-order valence-electron chi connectivity index (χ4n) is 2.54. The Hall–Kier alpha value is -2.82. The van der Waals surface area contributed by atoms with Crippen LogP contribution in [0, 0.1) is 0 Å². The fourth-order valence-corrected chi connectivity index (χ4v) is 2.54. The second-order valence-electron chi connectivity index (χ2n) is 5.54. The van der Waals surface area contributed by atoms with Crippen molar-refractivity contribution in [3.05, 3.63) is 59.7 Å². The van der Waals surface area contributed by atoms with Crippen LogP contribution in [-0.4, -0.2) is 18.4 Å². The molecule has 2 amide bonds. The highest BCUT2D eigenvalue weighted by Crippen LogP contribution is 2.28. The quantitative estimate of drug-likeness (QED) is 0.911. The summed E-state index contributed by atoms with van der Waals surface area (Å²) in [4.78, 5) is 23.5. The molecule has 3 rings (SSSR count). The number of carbonyl (C=O) groups excluding carboxylic acids is 2. The number of nitrogens with one attached hydrogen (secondary N) is 2. The van der Waals surface area contributed by atoms with Crippen molar-refractivity contribution < 1.29 is 14.3 Å². The van der Waals surface area contributed by atoms with Gasteiger partial charge >= 0.3 is 0 Å². The average molecular weight is 310 g/mol. The van der Waals surface area contributed by atoms with E-state index < -0.39 is 0 Å². The molecule has 0 unspecified atom stereocenters. The second kappa shape index (κ2) is 6.52. The summed E-state index contributed by atoms with van der Waals surface area (Å²) >= 11 is 0. The second-order valence-corrected chi connectivity index (χ2v) is 5.54. The number of anilines is 1. The maximum Gasteiger partial charge on any atom is 0.262 e. The Morgan fingerprint density at radius 1 is 1.26 bits per heavy atom. The van der Waals surface area contributed by atoms with E-state index in [1.54, 1.807) is 12.1 Å². The zero-order valence-electron chi connectivity index (χ0n) is 12.8. The van der Waals surface area contributed by atoms with Gasteiger partial charge in [0.15, 0.2) is 6.61 Å². The molecule has 2 aromatic rings. The molecule has 1 aliphatic heterocycles. The molecule has 5 nitrogen and oxygen atoms in total. The minimum absolute atomic E-state index is 0.0292. The molecule has 0 aromatic heterocycles. The Balaban J connectivity index is 1.64. The minimum Gasteiger partial charge on any atom is -0.482 e. The van der Waals surface area contributed by atoms with Crippen molar-refractivity contribution in [3.63, 3.8) is 0 Å². The number of hydrogen-bond acceptors (Lipinski definition) is 3. The number of hydrogen-bond donors (Lipinski definition) is 2. The lowest BCUT2D eigenvalue weighted by molar-refractivity contribution is -0.121. The van der Waals surface area contributed by atoms with Crippen LogP contribution in [0.3, 0.4) is 0 Å². The van der Waals surface area contributed by atoms with Crippen LogP contribution in [0.1, 0.15) is 24.1 Å². The van der Waals surface area contributed by atoms with Gasteiger partial charge in [0.1, 0.15) is 5.75 Å². The zero-order chi connectivity index (χ0) is 16.2. The summed E-state index contributed by atoms with van der Waals surface area (Å²) in [5, 5.41) is 5.72. The molecular formula is C18H18N2O3. The first kappa shape index (κ1) is 15.1. The van der Waals surface area contributed by atoms with Crippen LogP contribution in [0.2, 0.25) is 0 Å². The summed E-state index contributed by atoms with van der Waals surface area (Å²) < 4.78 is 5.31. The maximum absolute atomic E-state index is 12.2. The zero-order valence-corrected chi connectivity index (χ0v) is 12.8. The van der Waals surface area contributed by atoms with Crippen molar-refractivity contribution in [2.24, 2.45) is 0 Å². The van der Waals surface area contributed by atoms with E-state index in [1.807, 2.05) is 43.3 Å². The van der Waals surface area contributed by atoms with Gasteiger partial charge in [0, 0.05) is 0 Å². The molecule has 0 aliphatic carbocycles. The van der Waals surface area contributed by atoms with Crippen LogP contribution >= 0.6 is 0 Å². The highest BCUT2D eigenvalue weighted by molar-refractivity contribution is 5.95. The van der Waals surface area contributed by atoms with Crippen LogP contribution in [0.5, 0.6) is 5.75 Å². The van der Waals surface area contributed by atoms with Gasteiger partial charge in [-0.15, -0.1) is 0 Å². The van der Waals surface area contributed by atoms with Crippen LogP contribution in [0.25, 0.3) is 0 Å². The standard InChI is InChI=1S/C18H18N2O3/c1-12(14-5-3-2-4-6-14)19-17(21)10-13-7-8-16-15(9-13)20-18(22)11-23-16/h2-9,12H,10-11H2,1H3,(H,19,21)(H,20,22)/t12-/m0/s1. The third-order valence-corrected chi connectivity index (χ3v) is 3.72. The Morgan fingerprint density at radius 2 is 2.04 bits per heavy atom. The van der Waals surface area contributed by atoms with E-state index in [9.17, 15) is 9.59 Å². The van der Waals surface area contributed by atoms with Gasteiger partial charge in [-0.05, 0) is 30.2 Å². The lowest BCUT2D eigenvalue weighted by Crippen LogP contribution is -2.28. The number of rotatable bonds is 4. The third-order valence-electron chi connectivity index (χ3n) is 3.72. The highest BCUT2D eigenvalue weighted by atomic mass is 16.5. The summed E-state index contributed by atoms with van der Waals surface area (Å²) in [6.45, 7) is 1.98. The van der Waals surface area contributed by atoms with E-state index in [-0.39, 0.29) is 30.9 Å². The lowest BCUT2D eigenvalue weighted by atomic mass is 10.1. The summed E-state index contributed by atoms with van der Waals surface area (Å²) in [5.41, 5.74) is 2.50. The van der Waals surface area contributed by atoms with Gasteiger partial charge in [0.05, 0.1) is 18.2 Å². The highest BCUT2D eigenvalue weighted by Gasteiger charge is 2.17. The Morgan fingerprint density at radius 3 is 2.83 bits per heavy atom. The molecular weight excluding hydrogens is 292 g/mol. The largest absolute Gasteiger partial charge is 0.482 e. The van der Waals surface area contributed by atoms with Crippen molar-refractivity contribution in [1.82, 2.24) is 5.32 Å². The first-order chi connectivity index (χ1) is 11.1. The molecule has 1 atom stereocenters. The maximum atomic E-state index is 12.2. The monoisotopic (exact) mass is 310 g/mol. The molecule has 0 bridgehead atoms. The van der Waals surface area contributed by atoms with Crippen LogP contribution < -0.4 is 15.4 Å². The van der Waals surface area contributed by atoms with E-state index in [1.165, 1.54) is 0 Å². The Labute approximate surface area is 134 Å². The molecule has 0 spiro atoms. The molecule has 5 heteroatoms. The van der Waals surface area contributed by atoms with Crippen LogP contribution in [0.4, 0.5) is 5.69 Å². The van der Waals surface area contributed by atoms with Crippen LogP contribution in [0.15, 0.2) is 48.5 Å². The summed E-state index contributed by atoms with van der Waals surface area (Å²) in [6, 6.07) is 15.1. The molecule has 1 aliphatic rings. The Kier molecular flexibility index (Phi) is 4.28. The molecule has 118 valence electrons. The average Bonchev–Trinajstić information content (AvgIpc) is 2.55. The predicted octanol–water partition coefficient (Wildman–Crippen LogP) is 2.44. The molecule has 2 aromatic carbocycles. The van der Waals surface area contributed by atoms with Gasteiger partial charge in [0.25, 0.3) is 5.91 Å². The molecule has 0 fully saturated rings. The minimum atomic E-state index is -0.184. The van der Waals surface area contributed by atoms with Gasteiger partial charge in [-0.25, -0.2) is 0 Å². The van der Waals surface area contributed by atoms with E-state index in [0.717, 1.165) is 11.1 Å². The van der Waals surface area contributed by atoms with Crippen molar-refractivity contribution in [2.45, 2.75) is 19.4 Å². The van der Waals surface area contributed by atoms with Gasteiger partial charge in [-0.3, -0.25) is 9.59 Å². The summed E-state index contributed by atoms with van der Waals surface area (Å²) in [6.07, 6.45) is 0.250. The smallest absolute Gasteiger partial charge is 0.262 e. The first-order valence-corrected chi connectivity index (χ1v) is 7.52. The number of amides is 2. The summed E-state index contributed by atoms with van der Waals surface area (Å²) in [5.74, 6) is 0.382. The van der Waals surface area contributed by atoms with Crippen LogP contribution in [-0.2, 0) is 16.0 Å². The lowest BCUT2D eigenvalue weighted by Gasteiger charge is -2.19. The first-order valence-electron chi connectivity index (χ1n) is 7.52. The number of ether oxygens (including phenoxy) is 1. The fraction of sp³-hybridized carbons (Fsp3) is 0.222. The van der Waals surface area contributed by atoms with Crippen molar-refractivity contribution >= 4 is 17.5 Å². The normalized spacial score (nSPS) is 14.2. The SMILES string of the molecule is C[C@H](NC(=O)Cc1ccc2c(c1)NC(=O)CO2)c1ccccc1. The van der Waals surface area contributed by atoms with E-state index in [4.69, 9.17) is 4.74 Å². The van der Waals surface area contributed by atoms with Crippen molar-refractivity contribution in [3.8, 4) is 5.75 Å². The molecule has 0 saturated heterocycles. The third kappa shape index (κ3) is 3.69. The van der Waals surface area contributed by atoms with Crippen molar-refractivity contribution in [1.29, 1.82) is 0 Å². The van der Waals surface area contributed by atoms with Crippen molar-refractivity contribution in [2.75, 3.05) is 11.9 Å². The number of benzene rings is 2. The number of carbonyl (C=O) groups is 2. The molecule has 23 heavy (non-hydrogen) atoms.